The van der Waals surface area contributed by atoms with Gasteiger partial charge in [0.15, 0.2) is 0 Å². The van der Waals surface area contributed by atoms with Crippen LogP contribution in [0, 0.1) is 5.82 Å². The summed E-state index contributed by atoms with van der Waals surface area (Å²) in [7, 11) is 0. The molecule has 0 amide bonds. The van der Waals surface area contributed by atoms with Crippen LogP contribution < -0.4 is 10.6 Å². The minimum Gasteiger partial charge on any atom is -0.397 e. The first-order valence-electron chi connectivity index (χ1n) is 5.18. The fourth-order valence-corrected chi connectivity index (χ4v) is 2.25. The van der Waals surface area contributed by atoms with Gasteiger partial charge in [0.25, 0.3) is 0 Å². The molecule has 1 aliphatic heterocycles. The number of nitrogens with two attached hydrogens (primary N) is 1. The van der Waals surface area contributed by atoms with Crippen molar-refractivity contribution in [1.82, 2.24) is 0 Å². The van der Waals surface area contributed by atoms with E-state index >= 15 is 0 Å². The lowest BCUT2D eigenvalue weighted by atomic mass is 10.2. The Kier molecular flexibility index (Phi) is 3.35. The topological polar surface area (TPSA) is 38.5 Å². The zero-order valence-electron chi connectivity index (χ0n) is 9.04. The van der Waals surface area contributed by atoms with Crippen LogP contribution in [0.1, 0.15) is 6.92 Å². The number of halogens is 2. The minimum absolute atomic E-state index is 0.219. The summed E-state index contributed by atoms with van der Waals surface area (Å²) in [6, 6.07) is 3.30. The predicted octanol–water partition coefficient (Wildman–Crippen LogP) is 2.40. The number of hydrogen-bond acceptors (Lipinski definition) is 3. The van der Waals surface area contributed by atoms with Crippen LogP contribution in [0.5, 0.6) is 0 Å². The molecule has 1 heterocycles. The number of hydrogen-bond donors (Lipinski definition) is 1. The number of morpholine rings is 1. The zero-order chi connectivity index (χ0) is 11.7. The highest BCUT2D eigenvalue weighted by Gasteiger charge is 2.21. The van der Waals surface area contributed by atoms with Crippen molar-refractivity contribution in [1.29, 1.82) is 0 Å². The molecular weight excluding hydrogens is 275 g/mol. The number of ether oxygens (including phenoxy) is 1. The fraction of sp³-hybridized carbons (Fsp3) is 0.455. The van der Waals surface area contributed by atoms with E-state index in [0.717, 1.165) is 12.2 Å². The highest BCUT2D eigenvalue weighted by molar-refractivity contribution is 9.10. The SMILES string of the molecule is CC1COCCN1c1cc(F)c(Br)cc1N. The van der Waals surface area contributed by atoms with Gasteiger partial charge < -0.3 is 15.4 Å². The van der Waals surface area contributed by atoms with E-state index in [9.17, 15) is 4.39 Å². The number of anilines is 2. The van der Waals surface area contributed by atoms with Crippen molar-refractivity contribution in [2.75, 3.05) is 30.4 Å². The van der Waals surface area contributed by atoms with Crippen molar-refractivity contribution >= 4 is 27.3 Å². The lowest BCUT2D eigenvalue weighted by Crippen LogP contribution is -2.44. The fourth-order valence-electron chi connectivity index (χ4n) is 1.89. The van der Waals surface area contributed by atoms with E-state index in [4.69, 9.17) is 10.5 Å². The third-order valence-electron chi connectivity index (χ3n) is 2.75. The van der Waals surface area contributed by atoms with Gasteiger partial charge in [-0.25, -0.2) is 4.39 Å². The normalized spacial score (nSPS) is 21.2. The van der Waals surface area contributed by atoms with Gasteiger partial charge in [-0.1, -0.05) is 0 Å². The van der Waals surface area contributed by atoms with Crippen molar-refractivity contribution in [2.24, 2.45) is 0 Å². The summed E-state index contributed by atoms with van der Waals surface area (Å²) in [6.07, 6.45) is 0. The molecule has 1 fully saturated rings. The van der Waals surface area contributed by atoms with Gasteiger partial charge in [-0.05, 0) is 28.9 Å². The lowest BCUT2D eigenvalue weighted by Gasteiger charge is -2.36. The number of rotatable bonds is 1. The first-order chi connectivity index (χ1) is 7.59. The Balaban J connectivity index is 2.35. The summed E-state index contributed by atoms with van der Waals surface area (Å²) < 4.78 is 19.2. The van der Waals surface area contributed by atoms with Crippen LogP contribution in [-0.4, -0.2) is 25.8 Å². The summed E-state index contributed by atoms with van der Waals surface area (Å²) in [5, 5.41) is 0. The average Bonchev–Trinajstić information content (AvgIpc) is 2.25. The van der Waals surface area contributed by atoms with E-state index in [1.165, 1.54) is 6.07 Å². The van der Waals surface area contributed by atoms with Gasteiger partial charge in [-0.2, -0.15) is 0 Å². The molecule has 1 atom stereocenters. The standard InChI is InChI=1S/C11H14BrFN2O/c1-7-6-16-3-2-15(7)11-5-9(13)8(12)4-10(11)14/h4-5,7H,2-3,6,14H2,1H3. The molecule has 3 nitrogen and oxygen atoms in total. The second-order valence-corrected chi connectivity index (χ2v) is 4.80. The Hall–Kier alpha value is -0.810. The van der Waals surface area contributed by atoms with Gasteiger partial charge in [0.1, 0.15) is 5.82 Å². The molecule has 0 bridgehead atoms. The molecule has 5 heteroatoms. The van der Waals surface area contributed by atoms with Gasteiger partial charge >= 0.3 is 0 Å². The molecule has 0 spiro atoms. The van der Waals surface area contributed by atoms with Gasteiger partial charge in [-0.15, -0.1) is 0 Å². The molecule has 1 aromatic rings. The molecule has 0 aromatic heterocycles. The van der Waals surface area contributed by atoms with Crippen LogP contribution in [0.3, 0.4) is 0 Å². The number of nitrogens with zero attached hydrogens (tertiary/aromatic N) is 1. The first-order valence-corrected chi connectivity index (χ1v) is 5.98. The molecule has 88 valence electrons. The Morgan fingerprint density at radius 2 is 2.31 bits per heavy atom. The van der Waals surface area contributed by atoms with E-state index in [-0.39, 0.29) is 11.9 Å². The van der Waals surface area contributed by atoms with E-state index in [1.807, 2.05) is 6.92 Å². The molecule has 0 saturated carbocycles. The first kappa shape index (κ1) is 11.7. The zero-order valence-corrected chi connectivity index (χ0v) is 10.6. The van der Waals surface area contributed by atoms with E-state index < -0.39 is 0 Å². The largest absolute Gasteiger partial charge is 0.397 e. The average molecular weight is 289 g/mol. The van der Waals surface area contributed by atoms with Gasteiger partial charge in [0, 0.05) is 18.7 Å². The van der Waals surface area contributed by atoms with Crippen molar-refractivity contribution < 1.29 is 9.13 Å². The van der Waals surface area contributed by atoms with Crippen LogP contribution in [0.15, 0.2) is 16.6 Å². The van der Waals surface area contributed by atoms with Crippen molar-refractivity contribution in [3.8, 4) is 0 Å². The smallest absolute Gasteiger partial charge is 0.139 e. The summed E-state index contributed by atoms with van der Waals surface area (Å²) in [5.41, 5.74) is 7.24. The number of nitrogen functional groups attached to an aromatic ring is 1. The highest BCUT2D eigenvalue weighted by Crippen LogP contribution is 2.31. The molecule has 2 rings (SSSR count). The molecule has 1 aliphatic rings. The summed E-state index contributed by atoms with van der Waals surface area (Å²) >= 11 is 3.12. The molecule has 1 unspecified atom stereocenters. The van der Waals surface area contributed by atoms with E-state index in [1.54, 1.807) is 6.07 Å². The third kappa shape index (κ3) is 2.15. The maximum Gasteiger partial charge on any atom is 0.139 e. The molecule has 2 N–H and O–H groups in total. The molecule has 0 radical (unpaired) electrons. The maximum atomic E-state index is 13.5. The van der Waals surface area contributed by atoms with Crippen molar-refractivity contribution in [2.45, 2.75) is 13.0 Å². The lowest BCUT2D eigenvalue weighted by molar-refractivity contribution is 0.0990. The Labute approximate surface area is 102 Å². The molecule has 0 aliphatic carbocycles. The van der Waals surface area contributed by atoms with Gasteiger partial charge in [0.05, 0.1) is 29.1 Å². The van der Waals surface area contributed by atoms with Crippen LogP contribution in [0.25, 0.3) is 0 Å². The Morgan fingerprint density at radius 1 is 1.56 bits per heavy atom. The van der Waals surface area contributed by atoms with Crippen molar-refractivity contribution in [3.05, 3.63) is 22.4 Å². The second-order valence-electron chi connectivity index (χ2n) is 3.94. The van der Waals surface area contributed by atoms with Gasteiger partial charge in [-0.3, -0.25) is 0 Å². The highest BCUT2D eigenvalue weighted by atomic mass is 79.9. The summed E-state index contributed by atoms with van der Waals surface area (Å²) in [5.74, 6) is -0.289. The summed E-state index contributed by atoms with van der Waals surface area (Å²) in [4.78, 5) is 2.08. The predicted molar refractivity (Wildman–Crippen MR) is 66.1 cm³/mol. The van der Waals surface area contributed by atoms with E-state index in [2.05, 4.69) is 20.8 Å². The van der Waals surface area contributed by atoms with Crippen LogP contribution in [0.4, 0.5) is 15.8 Å². The third-order valence-corrected chi connectivity index (χ3v) is 3.35. The minimum atomic E-state index is -0.289. The Bertz CT molecular complexity index is 400. The molecule has 16 heavy (non-hydrogen) atoms. The molecular formula is C11H14BrFN2O. The second kappa shape index (κ2) is 4.59. The molecule has 1 aromatic carbocycles. The molecule has 1 saturated heterocycles. The van der Waals surface area contributed by atoms with Crippen LogP contribution >= 0.6 is 15.9 Å². The van der Waals surface area contributed by atoms with E-state index in [0.29, 0.717) is 23.4 Å². The Morgan fingerprint density at radius 3 is 3.00 bits per heavy atom. The van der Waals surface area contributed by atoms with Crippen molar-refractivity contribution in [3.63, 3.8) is 0 Å². The summed E-state index contributed by atoms with van der Waals surface area (Å²) in [6.45, 7) is 4.09. The quantitative estimate of drug-likeness (QED) is 0.807. The number of benzene rings is 1. The van der Waals surface area contributed by atoms with Gasteiger partial charge in [0.2, 0.25) is 0 Å². The monoisotopic (exact) mass is 288 g/mol. The van der Waals surface area contributed by atoms with Crippen LogP contribution in [0.2, 0.25) is 0 Å². The maximum absolute atomic E-state index is 13.5. The van der Waals surface area contributed by atoms with Crippen LogP contribution in [-0.2, 0) is 4.74 Å².